The summed E-state index contributed by atoms with van der Waals surface area (Å²) in [5.41, 5.74) is -2.11. The van der Waals surface area contributed by atoms with Crippen molar-refractivity contribution in [3.8, 4) is 0 Å². The fourth-order valence-corrected chi connectivity index (χ4v) is 3.92. The normalized spacial score (nSPS) is 13.6. The van der Waals surface area contributed by atoms with Crippen molar-refractivity contribution >= 4 is 20.9 Å². The van der Waals surface area contributed by atoms with Gasteiger partial charge in [-0.2, -0.15) is 13.2 Å². The van der Waals surface area contributed by atoms with Gasteiger partial charge in [0, 0.05) is 6.04 Å². The van der Waals surface area contributed by atoms with Crippen molar-refractivity contribution in [3.63, 3.8) is 0 Å². The van der Waals surface area contributed by atoms with Gasteiger partial charge in [-0.3, -0.25) is 9.78 Å². The van der Waals surface area contributed by atoms with E-state index in [9.17, 15) is 31.2 Å². The maximum absolute atomic E-state index is 12.9. The first-order chi connectivity index (χ1) is 13.0. The fourth-order valence-electron chi connectivity index (χ4n) is 2.66. The molecule has 7 nitrogen and oxygen atoms in total. The van der Waals surface area contributed by atoms with Crippen LogP contribution in [0.4, 0.5) is 13.2 Å². The predicted octanol–water partition coefficient (Wildman–Crippen LogP) is 2.27. The van der Waals surface area contributed by atoms with Crippen LogP contribution in [0.5, 0.6) is 0 Å². The number of fused-ring (bicyclic) bond motifs is 1. The van der Waals surface area contributed by atoms with Crippen molar-refractivity contribution in [1.82, 2.24) is 14.7 Å². The molecule has 0 saturated carbocycles. The van der Waals surface area contributed by atoms with Gasteiger partial charge in [0.25, 0.3) is 5.56 Å². The Morgan fingerprint density at radius 3 is 2.43 bits per heavy atom. The lowest BCUT2D eigenvalue weighted by Crippen LogP contribution is -2.27. The molecular weight excluding hydrogens is 399 g/mol. The van der Waals surface area contributed by atoms with Crippen molar-refractivity contribution in [2.75, 3.05) is 0 Å². The maximum atomic E-state index is 12.9. The van der Waals surface area contributed by atoms with E-state index in [0.717, 1.165) is 18.2 Å². The van der Waals surface area contributed by atoms with Crippen LogP contribution >= 0.6 is 0 Å². The number of nitrogens with one attached hydrogen (secondary N) is 3. The summed E-state index contributed by atoms with van der Waals surface area (Å²) in [5.74, 6) is 0. The molecular formula is C17H14F3N3O4S. The number of halogens is 3. The van der Waals surface area contributed by atoms with E-state index in [0.29, 0.717) is 0 Å². The van der Waals surface area contributed by atoms with Crippen LogP contribution in [0.3, 0.4) is 0 Å². The number of benzene rings is 2. The largest absolute Gasteiger partial charge is 0.416 e. The highest BCUT2D eigenvalue weighted by Crippen LogP contribution is 2.31. The maximum Gasteiger partial charge on any atom is 0.416 e. The van der Waals surface area contributed by atoms with Crippen LogP contribution in [0.25, 0.3) is 10.9 Å². The molecule has 1 heterocycles. The number of hydrogen-bond donors (Lipinski definition) is 3. The highest BCUT2D eigenvalue weighted by Gasteiger charge is 2.31. The summed E-state index contributed by atoms with van der Waals surface area (Å²) < 4.78 is 66.0. The highest BCUT2D eigenvalue weighted by atomic mass is 32.2. The van der Waals surface area contributed by atoms with Crippen LogP contribution in [-0.4, -0.2) is 18.4 Å². The van der Waals surface area contributed by atoms with Gasteiger partial charge in [-0.15, -0.1) is 0 Å². The molecule has 0 aliphatic rings. The molecule has 0 spiro atoms. The molecule has 1 unspecified atom stereocenters. The zero-order valence-electron chi connectivity index (χ0n) is 14.3. The summed E-state index contributed by atoms with van der Waals surface area (Å²) in [6.07, 6.45) is -4.55. The molecule has 0 fully saturated rings. The van der Waals surface area contributed by atoms with Gasteiger partial charge in [0.05, 0.1) is 21.4 Å². The second-order valence-electron chi connectivity index (χ2n) is 6.08. The van der Waals surface area contributed by atoms with E-state index in [2.05, 4.69) is 9.71 Å². The van der Waals surface area contributed by atoms with E-state index in [-0.39, 0.29) is 21.4 Å². The Bertz CT molecular complexity index is 1260. The Labute approximate surface area is 156 Å². The average Bonchev–Trinajstić information content (AvgIpc) is 2.60. The molecule has 11 heteroatoms. The minimum atomic E-state index is -4.55. The molecule has 0 bridgehead atoms. The van der Waals surface area contributed by atoms with Gasteiger partial charge in [0.1, 0.15) is 0 Å². The van der Waals surface area contributed by atoms with E-state index in [1.807, 2.05) is 4.98 Å². The number of sulfonamides is 1. The SMILES string of the molecule is CC(NS(=O)(=O)c1ccc2[nH]c(=O)[nH]c(=O)c2c1)c1cccc(C(F)(F)F)c1. The molecule has 3 aromatic rings. The lowest BCUT2D eigenvalue weighted by Gasteiger charge is -2.16. The van der Waals surface area contributed by atoms with Gasteiger partial charge in [-0.05, 0) is 42.8 Å². The Kier molecular flexibility index (Phi) is 4.90. The molecule has 0 saturated heterocycles. The second-order valence-corrected chi connectivity index (χ2v) is 7.80. The van der Waals surface area contributed by atoms with Gasteiger partial charge in [-0.1, -0.05) is 12.1 Å². The number of aromatic amines is 2. The molecule has 3 N–H and O–H groups in total. The zero-order chi connectivity index (χ0) is 20.7. The van der Waals surface area contributed by atoms with Crippen molar-refractivity contribution in [1.29, 1.82) is 0 Å². The second kappa shape index (κ2) is 6.91. The van der Waals surface area contributed by atoms with Crippen LogP contribution in [0, 0.1) is 0 Å². The minimum Gasteiger partial charge on any atom is -0.307 e. The summed E-state index contributed by atoms with van der Waals surface area (Å²) in [6, 6.07) is 6.87. The Morgan fingerprint density at radius 1 is 1.04 bits per heavy atom. The van der Waals surface area contributed by atoms with Gasteiger partial charge >= 0.3 is 11.9 Å². The predicted molar refractivity (Wildman–Crippen MR) is 95.4 cm³/mol. The summed E-state index contributed by atoms with van der Waals surface area (Å²) in [6.45, 7) is 1.40. The van der Waals surface area contributed by atoms with E-state index in [1.165, 1.54) is 31.2 Å². The Hall–Kier alpha value is -2.92. The van der Waals surface area contributed by atoms with E-state index in [1.54, 1.807) is 0 Å². The first-order valence-corrected chi connectivity index (χ1v) is 9.41. The molecule has 1 aromatic heterocycles. The summed E-state index contributed by atoms with van der Waals surface area (Å²) in [5, 5.41) is -0.0470. The smallest absolute Gasteiger partial charge is 0.307 e. The average molecular weight is 413 g/mol. The third-order valence-corrected chi connectivity index (χ3v) is 5.61. The number of aromatic nitrogens is 2. The topological polar surface area (TPSA) is 112 Å². The molecule has 28 heavy (non-hydrogen) atoms. The Balaban J connectivity index is 1.95. The summed E-state index contributed by atoms with van der Waals surface area (Å²) in [4.78, 5) is 27.2. The third-order valence-electron chi connectivity index (χ3n) is 4.07. The quantitative estimate of drug-likeness (QED) is 0.609. The number of hydrogen-bond acceptors (Lipinski definition) is 4. The molecule has 3 rings (SSSR count). The first-order valence-electron chi connectivity index (χ1n) is 7.93. The Morgan fingerprint density at radius 2 is 1.75 bits per heavy atom. The lowest BCUT2D eigenvalue weighted by molar-refractivity contribution is -0.137. The van der Waals surface area contributed by atoms with Crippen molar-refractivity contribution in [3.05, 3.63) is 74.4 Å². The standard InChI is InChI=1S/C17H14F3N3O4S/c1-9(10-3-2-4-11(7-10)17(18,19)20)23-28(26,27)12-5-6-14-13(8-12)15(24)22-16(25)21-14/h2-9,23H,1H3,(H2,21,22,24,25). The van der Waals surface area contributed by atoms with Crippen LogP contribution in [0.1, 0.15) is 24.1 Å². The molecule has 1 atom stereocenters. The van der Waals surface area contributed by atoms with Crippen LogP contribution < -0.4 is 16.0 Å². The summed E-state index contributed by atoms with van der Waals surface area (Å²) in [7, 11) is -4.15. The van der Waals surface area contributed by atoms with Gasteiger partial charge in [-0.25, -0.2) is 17.9 Å². The number of alkyl halides is 3. The third kappa shape index (κ3) is 3.99. The van der Waals surface area contributed by atoms with E-state index < -0.39 is 39.1 Å². The van der Waals surface area contributed by atoms with E-state index >= 15 is 0 Å². The molecule has 148 valence electrons. The first kappa shape index (κ1) is 19.8. The summed E-state index contributed by atoms with van der Waals surface area (Å²) >= 11 is 0. The number of H-pyrrole nitrogens is 2. The molecule has 0 aliphatic heterocycles. The zero-order valence-corrected chi connectivity index (χ0v) is 15.1. The van der Waals surface area contributed by atoms with Crippen molar-refractivity contribution in [2.45, 2.75) is 24.0 Å². The van der Waals surface area contributed by atoms with E-state index in [4.69, 9.17) is 0 Å². The lowest BCUT2D eigenvalue weighted by atomic mass is 10.1. The molecule has 0 aliphatic carbocycles. The highest BCUT2D eigenvalue weighted by molar-refractivity contribution is 7.89. The fraction of sp³-hybridized carbons (Fsp3) is 0.176. The number of rotatable bonds is 4. The van der Waals surface area contributed by atoms with Gasteiger partial charge in [0.15, 0.2) is 0 Å². The van der Waals surface area contributed by atoms with Crippen molar-refractivity contribution in [2.24, 2.45) is 0 Å². The molecule has 2 aromatic carbocycles. The van der Waals surface area contributed by atoms with Crippen molar-refractivity contribution < 1.29 is 21.6 Å². The van der Waals surface area contributed by atoms with Crippen LogP contribution in [0.15, 0.2) is 56.9 Å². The van der Waals surface area contributed by atoms with Crippen LogP contribution in [0.2, 0.25) is 0 Å². The van der Waals surface area contributed by atoms with Gasteiger partial charge in [0.2, 0.25) is 10.0 Å². The monoisotopic (exact) mass is 413 g/mol. The molecule has 0 radical (unpaired) electrons. The minimum absolute atomic E-state index is 0.0470. The van der Waals surface area contributed by atoms with Gasteiger partial charge < -0.3 is 4.98 Å². The van der Waals surface area contributed by atoms with Crippen LogP contribution in [-0.2, 0) is 16.2 Å². The molecule has 0 amide bonds.